The van der Waals surface area contributed by atoms with Crippen LogP contribution in [-0.4, -0.2) is 61.1 Å². The Morgan fingerprint density at radius 3 is 2.55 bits per heavy atom. The van der Waals surface area contributed by atoms with Gasteiger partial charge in [0.25, 0.3) is 0 Å². The lowest BCUT2D eigenvalue weighted by atomic mass is 10.1. The second-order valence-electron chi connectivity index (χ2n) is 8.01. The van der Waals surface area contributed by atoms with E-state index in [2.05, 4.69) is 44.6 Å². The molecule has 2 bridgehead atoms. The zero-order valence-corrected chi connectivity index (χ0v) is 16.5. The molecule has 3 heterocycles. The molecule has 3 aromatic rings. The third-order valence-electron chi connectivity index (χ3n) is 5.94. The Morgan fingerprint density at radius 2 is 1.83 bits per heavy atom. The number of fused-ring (bicyclic) bond motifs is 2. The van der Waals surface area contributed by atoms with E-state index in [0.717, 1.165) is 31.6 Å². The molecule has 2 aliphatic rings. The normalized spacial score (nSPS) is 21.1. The van der Waals surface area contributed by atoms with Crippen molar-refractivity contribution in [2.75, 3.05) is 13.1 Å². The van der Waals surface area contributed by atoms with Crippen molar-refractivity contribution in [3.63, 3.8) is 0 Å². The highest BCUT2D eigenvalue weighted by Gasteiger charge is 2.44. The van der Waals surface area contributed by atoms with Crippen LogP contribution >= 0.6 is 0 Å². The number of aromatic nitrogens is 4. The van der Waals surface area contributed by atoms with E-state index in [0.29, 0.717) is 11.9 Å². The van der Waals surface area contributed by atoms with E-state index in [-0.39, 0.29) is 18.5 Å². The smallest absolute Gasteiger partial charge is 0.246 e. The summed E-state index contributed by atoms with van der Waals surface area (Å²) in [4.78, 5) is 18.7. The topological polar surface area (TPSA) is 67.2 Å². The van der Waals surface area contributed by atoms with Crippen molar-refractivity contribution in [1.82, 2.24) is 30.0 Å². The van der Waals surface area contributed by atoms with E-state index in [9.17, 15) is 4.79 Å². The largest absolute Gasteiger partial charge is 0.335 e. The average molecular weight is 388 g/mol. The Hall–Kier alpha value is -3.06. The van der Waals surface area contributed by atoms with Gasteiger partial charge in [-0.15, -0.1) is 10.2 Å². The molecule has 2 aliphatic heterocycles. The van der Waals surface area contributed by atoms with Crippen molar-refractivity contribution < 1.29 is 4.79 Å². The summed E-state index contributed by atoms with van der Waals surface area (Å²) in [7, 11) is 0. The number of hydrogen-bond acceptors (Lipinski definition) is 5. The Balaban J connectivity index is 1.19. The lowest BCUT2D eigenvalue weighted by Gasteiger charge is -2.34. The summed E-state index contributed by atoms with van der Waals surface area (Å²) >= 11 is 0. The number of aryl methyl sites for hydroxylation is 1. The van der Waals surface area contributed by atoms with Crippen LogP contribution in [0.25, 0.3) is 11.4 Å². The Bertz CT molecular complexity index is 1000. The highest BCUT2D eigenvalue weighted by atomic mass is 16.2. The van der Waals surface area contributed by atoms with E-state index in [1.165, 1.54) is 15.9 Å². The first kappa shape index (κ1) is 18.0. The highest BCUT2D eigenvalue weighted by Crippen LogP contribution is 2.32. The van der Waals surface area contributed by atoms with Crippen molar-refractivity contribution >= 4 is 5.91 Å². The van der Waals surface area contributed by atoms with Crippen molar-refractivity contribution in [2.24, 2.45) is 0 Å². The zero-order chi connectivity index (χ0) is 19.8. The molecule has 29 heavy (non-hydrogen) atoms. The molecule has 0 aliphatic carbocycles. The van der Waals surface area contributed by atoms with Crippen LogP contribution in [0.4, 0.5) is 0 Å². The van der Waals surface area contributed by atoms with Crippen LogP contribution in [0.1, 0.15) is 17.5 Å². The summed E-state index contributed by atoms with van der Waals surface area (Å²) < 4.78 is 0. The maximum absolute atomic E-state index is 12.8. The molecule has 2 atom stereocenters. The third-order valence-corrected chi connectivity index (χ3v) is 5.94. The predicted molar refractivity (Wildman–Crippen MR) is 109 cm³/mol. The van der Waals surface area contributed by atoms with Gasteiger partial charge in [-0.25, -0.2) is 0 Å². The molecule has 2 saturated heterocycles. The molecule has 7 nitrogen and oxygen atoms in total. The summed E-state index contributed by atoms with van der Waals surface area (Å²) in [6.07, 6.45) is 1.05. The second kappa shape index (κ2) is 7.40. The van der Waals surface area contributed by atoms with Gasteiger partial charge in [0.15, 0.2) is 0 Å². The predicted octanol–water partition coefficient (Wildman–Crippen LogP) is 2.13. The number of hydrogen-bond donors (Lipinski definition) is 0. The van der Waals surface area contributed by atoms with Crippen LogP contribution in [-0.2, 0) is 17.9 Å². The van der Waals surface area contributed by atoms with Gasteiger partial charge in [-0.05, 0) is 24.1 Å². The molecule has 5 rings (SSSR count). The molecule has 0 radical (unpaired) electrons. The average Bonchev–Trinajstić information content (AvgIpc) is 3.45. The van der Waals surface area contributed by atoms with Crippen LogP contribution in [0, 0.1) is 6.92 Å². The van der Waals surface area contributed by atoms with Gasteiger partial charge in [-0.2, -0.15) is 4.80 Å². The maximum atomic E-state index is 12.8. The van der Waals surface area contributed by atoms with Gasteiger partial charge in [-0.3, -0.25) is 9.69 Å². The summed E-state index contributed by atoms with van der Waals surface area (Å²) in [5.74, 6) is 0.625. The molecule has 2 aromatic carbocycles. The molecule has 2 fully saturated rings. The number of amides is 1. The van der Waals surface area contributed by atoms with E-state index >= 15 is 0 Å². The number of likely N-dealkylation sites (tertiary alicyclic amines) is 2. The van der Waals surface area contributed by atoms with Gasteiger partial charge < -0.3 is 4.90 Å². The monoisotopic (exact) mass is 388 g/mol. The zero-order valence-electron chi connectivity index (χ0n) is 16.5. The minimum atomic E-state index is 0.0738. The lowest BCUT2D eigenvalue weighted by Crippen LogP contribution is -2.49. The number of carbonyl (C=O) groups excluding carboxylic acids is 1. The quantitative estimate of drug-likeness (QED) is 0.670. The third kappa shape index (κ3) is 3.65. The number of tetrazole rings is 1. The molecule has 1 aromatic heterocycles. The molecule has 1 amide bonds. The van der Waals surface area contributed by atoms with Crippen LogP contribution in [0.3, 0.4) is 0 Å². The maximum Gasteiger partial charge on any atom is 0.246 e. The van der Waals surface area contributed by atoms with Crippen LogP contribution in [0.5, 0.6) is 0 Å². The molecular weight excluding hydrogens is 364 g/mol. The van der Waals surface area contributed by atoms with Crippen LogP contribution in [0.2, 0.25) is 0 Å². The van der Waals surface area contributed by atoms with Crippen molar-refractivity contribution in [3.8, 4) is 11.4 Å². The summed E-state index contributed by atoms with van der Waals surface area (Å²) in [5, 5.41) is 12.6. The van der Waals surface area contributed by atoms with Crippen LogP contribution < -0.4 is 0 Å². The summed E-state index contributed by atoms with van der Waals surface area (Å²) in [6.45, 7) is 4.85. The molecule has 0 saturated carbocycles. The van der Waals surface area contributed by atoms with E-state index in [1.54, 1.807) is 0 Å². The second-order valence-corrected chi connectivity index (χ2v) is 8.01. The summed E-state index contributed by atoms with van der Waals surface area (Å²) in [6, 6.07) is 19.2. The van der Waals surface area contributed by atoms with Gasteiger partial charge in [-0.1, -0.05) is 60.2 Å². The van der Waals surface area contributed by atoms with Gasteiger partial charge >= 0.3 is 0 Å². The Kier molecular flexibility index (Phi) is 4.60. The van der Waals surface area contributed by atoms with Crippen LogP contribution in [0.15, 0.2) is 54.6 Å². The highest BCUT2D eigenvalue weighted by molar-refractivity contribution is 5.77. The van der Waals surface area contributed by atoms with E-state index in [1.807, 2.05) is 42.2 Å². The number of nitrogens with zero attached hydrogens (tertiary/aromatic N) is 6. The number of carbonyl (C=O) groups is 1. The van der Waals surface area contributed by atoms with Gasteiger partial charge in [0.05, 0.1) is 0 Å². The minimum Gasteiger partial charge on any atom is -0.335 e. The Morgan fingerprint density at radius 1 is 1.03 bits per heavy atom. The first-order chi connectivity index (χ1) is 14.2. The lowest BCUT2D eigenvalue weighted by molar-refractivity contribution is -0.134. The van der Waals surface area contributed by atoms with Crippen molar-refractivity contribution in [3.05, 3.63) is 65.7 Å². The van der Waals surface area contributed by atoms with E-state index < -0.39 is 0 Å². The fourth-order valence-corrected chi connectivity index (χ4v) is 4.41. The molecule has 148 valence electrons. The molecule has 0 spiro atoms. The van der Waals surface area contributed by atoms with Crippen molar-refractivity contribution in [1.29, 1.82) is 0 Å². The van der Waals surface area contributed by atoms with Gasteiger partial charge in [0, 0.05) is 37.3 Å². The summed E-state index contributed by atoms with van der Waals surface area (Å²) in [5.41, 5.74) is 3.42. The Labute approximate surface area is 169 Å². The van der Waals surface area contributed by atoms with Gasteiger partial charge in [0.2, 0.25) is 11.7 Å². The van der Waals surface area contributed by atoms with E-state index in [4.69, 9.17) is 0 Å². The standard InChI is InChI=1S/C22H24N6O/c1-16-7-9-18(10-8-16)22-23-25-28(24-22)15-21(29)27-14-19-11-20(27)13-26(19)12-17-5-3-2-4-6-17/h2-10,19-20H,11-15H2,1H3/t19-,20-/m0/s1. The minimum absolute atomic E-state index is 0.0738. The fraction of sp³-hybridized carbons (Fsp3) is 0.364. The molecule has 0 N–H and O–H groups in total. The number of rotatable bonds is 5. The number of piperazine rings is 1. The molecule has 0 unspecified atom stereocenters. The molecule has 7 heteroatoms. The van der Waals surface area contributed by atoms with Crippen molar-refractivity contribution in [2.45, 2.75) is 38.5 Å². The van der Waals surface area contributed by atoms with Gasteiger partial charge in [0.1, 0.15) is 6.54 Å². The molecular formula is C22H24N6O. The SMILES string of the molecule is Cc1ccc(-c2nnn(CC(=O)N3C[C@@H]4C[C@H]3CN4Cc3ccccc3)n2)cc1. The first-order valence-corrected chi connectivity index (χ1v) is 10.1. The number of benzene rings is 2. The fourth-order valence-electron chi connectivity index (χ4n) is 4.41. The first-order valence-electron chi connectivity index (χ1n) is 10.1.